The molecule has 0 atom stereocenters. The first-order valence-corrected chi connectivity index (χ1v) is 13.3. The molecule has 1 aliphatic heterocycles. The smallest absolute Gasteiger partial charge is 0.272 e. The van der Waals surface area contributed by atoms with Gasteiger partial charge in [-0.1, -0.05) is 67.9 Å². The van der Waals surface area contributed by atoms with Crippen LogP contribution in [0.5, 0.6) is 0 Å². The average molecular weight is 529 g/mol. The molecule has 8 heteroatoms. The van der Waals surface area contributed by atoms with E-state index in [1.807, 2.05) is 57.2 Å². The number of rotatable bonds is 5. The standard InChI is InChI=1S/C29H27FN4O3.C2H6/c1-19-5-4-6-20(15-19)18-27(35)33-11-13-34(14-12-33)29(37)24-16-21(9-10-25(24)30)17-26-22-7-2-3-8-23(22)28(36)32-31-26;1-2/h2-10,15-16H,11-14,17-18H2,1H3,(H,32,36);1-2H3. The predicted octanol–water partition coefficient (Wildman–Crippen LogP) is 4.51. The van der Waals surface area contributed by atoms with Crippen LogP contribution in [-0.4, -0.2) is 58.0 Å². The number of fused-ring (bicyclic) bond motifs is 1. The van der Waals surface area contributed by atoms with Gasteiger partial charge in [0.1, 0.15) is 5.82 Å². The number of aryl methyl sites for hydroxylation is 1. The van der Waals surface area contributed by atoms with Gasteiger partial charge in [-0.3, -0.25) is 14.4 Å². The monoisotopic (exact) mass is 528 g/mol. The summed E-state index contributed by atoms with van der Waals surface area (Å²) in [6, 6.07) is 19.5. The van der Waals surface area contributed by atoms with Crippen molar-refractivity contribution in [1.82, 2.24) is 20.0 Å². The number of piperazine rings is 1. The lowest BCUT2D eigenvalue weighted by Gasteiger charge is -2.35. The topological polar surface area (TPSA) is 86.4 Å². The van der Waals surface area contributed by atoms with Gasteiger partial charge in [0.05, 0.1) is 23.1 Å². The molecule has 0 bridgehead atoms. The van der Waals surface area contributed by atoms with Gasteiger partial charge >= 0.3 is 0 Å². The van der Waals surface area contributed by atoms with E-state index in [-0.39, 0.29) is 17.0 Å². The molecular formula is C31H33FN4O3. The molecule has 2 amide bonds. The predicted molar refractivity (Wildman–Crippen MR) is 150 cm³/mol. The van der Waals surface area contributed by atoms with Crippen molar-refractivity contribution >= 4 is 22.6 Å². The Kier molecular flexibility index (Phi) is 8.86. The van der Waals surface area contributed by atoms with Crippen molar-refractivity contribution in [3.05, 3.63) is 111 Å². The van der Waals surface area contributed by atoms with Gasteiger partial charge in [0.25, 0.3) is 11.5 Å². The number of hydrogen-bond acceptors (Lipinski definition) is 4. The van der Waals surface area contributed by atoms with E-state index < -0.39 is 11.7 Å². The molecule has 0 spiro atoms. The van der Waals surface area contributed by atoms with Crippen molar-refractivity contribution in [2.75, 3.05) is 26.2 Å². The van der Waals surface area contributed by atoms with Gasteiger partial charge in [0, 0.05) is 38.0 Å². The molecule has 2 heterocycles. The van der Waals surface area contributed by atoms with Crippen LogP contribution in [0.3, 0.4) is 0 Å². The zero-order valence-corrected chi connectivity index (χ0v) is 22.5. The summed E-state index contributed by atoms with van der Waals surface area (Å²) in [5.41, 5.74) is 3.14. The maximum Gasteiger partial charge on any atom is 0.272 e. The summed E-state index contributed by atoms with van der Waals surface area (Å²) in [4.78, 5) is 41.4. The second-order valence-corrected chi connectivity index (χ2v) is 9.37. The van der Waals surface area contributed by atoms with Crippen molar-refractivity contribution in [2.24, 2.45) is 0 Å². The fourth-order valence-corrected chi connectivity index (χ4v) is 4.78. The van der Waals surface area contributed by atoms with E-state index in [1.54, 1.807) is 34.1 Å². The molecule has 1 aliphatic rings. The highest BCUT2D eigenvalue weighted by Crippen LogP contribution is 2.20. The van der Waals surface area contributed by atoms with Crippen LogP contribution >= 0.6 is 0 Å². The van der Waals surface area contributed by atoms with Crippen LogP contribution < -0.4 is 5.56 Å². The molecule has 1 N–H and O–H groups in total. The van der Waals surface area contributed by atoms with E-state index in [4.69, 9.17) is 0 Å². The largest absolute Gasteiger partial charge is 0.339 e. The van der Waals surface area contributed by atoms with Crippen LogP contribution in [0.25, 0.3) is 10.8 Å². The zero-order chi connectivity index (χ0) is 27.9. The first kappa shape index (κ1) is 27.7. The summed E-state index contributed by atoms with van der Waals surface area (Å²) in [5, 5.41) is 7.94. The number of nitrogens with zero attached hydrogens (tertiary/aromatic N) is 3. The number of nitrogens with one attached hydrogen (secondary N) is 1. The van der Waals surface area contributed by atoms with Crippen LogP contribution in [-0.2, 0) is 17.6 Å². The van der Waals surface area contributed by atoms with Gasteiger partial charge in [-0.25, -0.2) is 9.49 Å². The Morgan fingerprint density at radius 2 is 1.56 bits per heavy atom. The Morgan fingerprint density at radius 3 is 2.28 bits per heavy atom. The van der Waals surface area contributed by atoms with E-state index in [2.05, 4.69) is 10.2 Å². The minimum Gasteiger partial charge on any atom is -0.339 e. The second kappa shape index (κ2) is 12.5. The lowest BCUT2D eigenvalue weighted by molar-refractivity contribution is -0.131. The third-order valence-electron chi connectivity index (χ3n) is 6.77. The average Bonchev–Trinajstić information content (AvgIpc) is 2.96. The molecule has 0 aliphatic carbocycles. The quantitative estimate of drug-likeness (QED) is 0.413. The molecule has 0 unspecified atom stereocenters. The minimum absolute atomic E-state index is 0.00855. The zero-order valence-electron chi connectivity index (χ0n) is 22.5. The first-order chi connectivity index (χ1) is 18.9. The fourth-order valence-electron chi connectivity index (χ4n) is 4.78. The van der Waals surface area contributed by atoms with Crippen molar-refractivity contribution < 1.29 is 14.0 Å². The maximum absolute atomic E-state index is 14.7. The van der Waals surface area contributed by atoms with Gasteiger partial charge in [-0.05, 0) is 36.2 Å². The molecule has 202 valence electrons. The normalized spacial score (nSPS) is 13.1. The highest BCUT2D eigenvalue weighted by atomic mass is 19.1. The van der Waals surface area contributed by atoms with E-state index in [0.29, 0.717) is 55.7 Å². The highest BCUT2D eigenvalue weighted by molar-refractivity contribution is 5.95. The lowest BCUT2D eigenvalue weighted by Crippen LogP contribution is -2.51. The molecule has 0 saturated carbocycles. The van der Waals surface area contributed by atoms with Crippen LogP contribution in [0.2, 0.25) is 0 Å². The van der Waals surface area contributed by atoms with Gasteiger partial charge < -0.3 is 9.80 Å². The van der Waals surface area contributed by atoms with Gasteiger partial charge in [-0.2, -0.15) is 5.10 Å². The number of aromatic amines is 1. The van der Waals surface area contributed by atoms with E-state index in [1.165, 1.54) is 6.07 Å². The number of benzene rings is 3. The van der Waals surface area contributed by atoms with Gasteiger partial charge in [-0.15, -0.1) is 0 Å². The van der Waals surface area contributed by atoms with Crippen molar-refractivity contribution in [2.45, 2.75) is 33.6 Å². The van der Waals surface area contributed by atoms with Crippen molar-refractivity contribution in [3.8, 4) is 0 Å². The SMILES string of the molecule is CC.Cc1cccc(CC(=O)N2CCN(C(=O)c3cc(Cc4n[nH]c(=O)c5ccccc45)ccc3F)CC2)c1. The van der Waals surface area contributed by atoms with Gasteiger partial charge in [0.2, 0.25) is 5.91 Å². The molecule has 39 heavy (non-hydrogen) atoms. The summed E-state index contributed by atoms with van der Waals surface area (Å²) in [7, 11) is 0. The fraction of sp³-hybridized carbons (Fsp3) is 0.290. The number of amides is 2. The Hall–Kier alpha value is -4.33. The van der Waals surface area contributed by atoms with Crippen molar-refractivity contribution in [3.63, 3.8) is 0 Å². The molecule has 5 rings (SSSR count). The Balaban J connectivity index is 0.00000172. The Bertz CT molecular complexity index is 1540. The van der Waals surface area contributed by atoms with Crippen LogP contribution in [0.15, 0.2) is 71.5 Å². The summed E-state index contributed by atoms with van der Waals surface area (Å²) in [5.74, 6) is -0.970. The van der Waals surface area contributed by atoms with Gasteiger partial charge in [0.15, 0.2) is 0 Å². The second-order valence-electron chi connectivity index (χ2n) is 9.37. The van der Waals surface area contributed by atoms with E-state index in [9.17, 15) is 18.8 Å². The number of hydrogen-bond donors (Lipinski definition) is 1. The molecule has 1 fully saturated rings. The minimum atomic E-state index is -0.592. The number of carbonyl (C=O) groups is 2. The summed E-state index contributed by atoms with van der Waals surface area (Å²) >= 11 is 0. The van der Waals surface area contributed by atoms with Crippen LogP contribution in [0.1, 0.15) is 46.6 Å². The molecule has 7 nitrogen and oxygen atoms in total. The number of halogens is 1. The number of carbonyl (C=O) groups excluding carboxylic acids is 2. The molecule has 4 aromatic rings. The van der Waals surface area contributed by atoms with Crippen LogP contribution in [0, 0.1) is 12.7 Å². The number of H-pyrrole nitrogens is 1. The number of aromatic nitrogens is 2. The third-order valence-corrected chi connectivity index (χ3v) is 6.77. The molecule has 1 aromatic heterocycles. The Labute approximate surface area is 227 Å². The maximum atomic E-state index is 14.7. The molecular weight excluding hydrogens is 495 g/mol. The van der Waals surface area contributed by atoms with E-state index in [0.717, 1.165) is 16.5 Å². The summed E-state index contributed by atoms with van der Waals surface area (Å²) in [6.45, 7) is 7.49. The summed E-state index contributed by atoms with van der Waals surface area (Å²) < 4.78 is 14.7. The third kappa shape index (κ3) is 6.39. The molecule has 0 radical (unpaired) electrons. The summed E-state index contributed by atoms with van der Waals surface area (Å²) in [6.07, 6.45) is 0.652. The lowest BCUT2D eigenvalue weighted by atomic mass is 10.0. The molecule has 1 saturated heterocycles. The molecule has 3 aromatic carbocycles. The first-order valence-electron chi connectivity index (χ1n) is 13.3. The van der Waals surface area contributed by atoms with Crippen LogP contribution in [0.4, 0.5) is 4.39 Å². The highest BCUT2D eigenvalue weighted by Gasteiger charge is 2.26. The van der Waals surface area contributed by atoms with Crippen molar-refractivity contribution in [1.29, 1.82) is 0 Å². The Morgan fingerprint density at radius 1 is 0.872 bits per heavy atom. The van der Waals surface area contributed by atoms with E-state index >= 15 is 0 Å².